The van der Waals surface area contributed by atoms with Crippen molar-refractivity contribution in [1.82, 2.24) is 0 Å². The van der Waals surface area contributed by atoms with Gasteiger partial charge in [0.25, 0.3) is 0 Å². The van der Waals surface area contributed by atoms with Crippen molar-refractivity contribution < 1.29 is 24.5 Å². The molecule has 0 saturated heterocycles. The van der Waals surface area contributed by atoms with Crippen LogP contribution in [0.3, 0.4) is 0 Å². The van der Waals surface area contributed by atoms with Crippen LogP contribution in [0.5, 0.6) is 5.75 Å². The Labute approximate surface area is 137 Å². The Hall–Kier alpha value is -2.04. The fraction of sp³-hybridized carbons (Fsp3) is 0.556. The highest BCUT2D eigenvalue weighted by molar-refractivity contribution is 5.94. The first-order valence-electron chi connectivity index (χ1n) is 7.59. The standard InChI is InChI=1S/C18H26O5/c1-17(2,3)13-10-11(7-8-14(13)19)9-12(15(20)21)16(22)23-18(4,5)6/h7-8,10,12,19H,9H2,1-6H3,(H,20,21). The number of phenols is 1. The lowest BCUT2D eigenvalue weighted by Crippen LogP contribution is -2.34. The predicted molar refractivity (Wildman–Crippen MR) is 87.5 cm³/mol. The lowest BCUT2D eigenvalue weighted by molar-refractivity contribution is -0.166. The van der Waals surface area contributed by atoms with Crippen LogP contribution < -0.4 is 0 Å². The molecule has 1 atom stereocenters. The summed E-state index contributed by atoms with van der Waals surface area (Å²) in [5.41, 5.74) is 0.357. The molecule has 1 rings (SSSR count). The molecule has 0 fully saturated rings. The van der Waals surface area contributed by atoms with Gasteiger partial charge in [-0.15, -0.1) is 0 Å². The summed E-state index contributed by atoms with van der Waals surface area (Å²) in [6, 6.07) is 4.91. The molecule has 0 bridgehead atoms. The molecular weight excluding hydrogens is 296 g/mol. The minimum atomic E-state index is -1.27. The van der Waals surface area contributed by atoms with Crippen LogP contribution in [0.25, 0.3) is 0 Å². The molecule has 5 heteroatoms. The SMILES string of the molecule is CC(C)(C)OC(=O)C(Cc1ccc(O)c(C(C)(C)C)c1)C(=O)O. The Morgan fingerprint density at radius 3 is 2.13 bits per heavy atom. The monoisotopic (exact) mass is 322 g/mol. The molecule has 1 aromatic rings. The molecule has 0 amide bonds. The smallest absolute Gasteiger partial charge is 0.321 e. The summed E-state index contributed by atoms with van der Waals surface area (Å²) < 4.78 is 5.19. The molecule has 5 nitrogen and oxygen atoms in total. The van der Waals surface area contributed by atoms with Gasteiger partial charge in [0, 0.05) is 0 Å². The topological polar surface area (TPSA) is 83.8 Å². The van der Waals surface area contributed by atoms with Crippen molar-refractivity contribution in [2.75, 3.05) is 0 Å². The molecule has 0 heterocycles. The predicted octanol–water partition coefficient (Wildman–Crippen LogP) is 3.27. The third-order valence-electron chi connectivity index (χ3n) is 3.30. The van der Waals surface area contributed by atoms with Gasteiger partial charge < -0.3 is 14.9 Å². The summed E-state index contributed by atoms with van der Waals surface area (Å²) >= 11 is 0. The maximum Gasteiger partial charge on any atom is 0.321 e. The van der Waals surface area contributed by atoms with E-state index in [0.29, 0.717) is 11.1 Å². The molecule has 0 aromatic heterocycles. The highest BCUT2D eigenvalue weighted by Gasteiger charge is 2.31. The van der Waals surface area contributed by atoms with Crippen molar-refractivity contribution in [2.24, 2.45) is 5.92 Å². The first-order valence-corrected chi connectivity index (χ1v) is 7.59. The molecule has 128 valence electrons. The van der Waals surface area contributed by atoms with Crippen LogP contribution in [0.4, 0.5) is 0 Å². The van der Waals surface area contributed by atoms with E-state index in [0.717, 1.165) is 0 Å². The molecule has 0 aliphatic carbocycles. The second-order valence-corrected chi connectivity index (χ2v) is 7.73. The molecule has 0 radical (unpaired) electrons. The van der Waals surface area contributed by atoms with Gasteiger partial charge in [0.1, 0.15) is 11.4 Å². The van der Waals surface area contributed by atoms with Crippen LogP contribution >= 0.6 is 0 Å². The average Bonchev–Trinajstić information content (AvgIpc) is 2.33. The Balaban J connectivity index is 3.07. The second kappa shape index (κ2) is 6.60. The largest absolute Gasteiger partial charge is 0.508 e. The number of aromatic hydroxyl groups is 1. The van der Waals surface area contributed by atoms with Crippen molar-refractivity contribution in [3.63, 3.8) is 0 Å². The van der Waals surface area contributed by atoms with Gasteiger partial charge in [0.15, 0.2) is 5.92 Å². The number of hydrogen-bond donors (Lipinski definition) is 2. The number of hydrogen-bond acceptors (Lipinski definition) is 4. The summed E-state index contributed by atoms with van der Waals surface area (Å²) in [6.45, 7) is 10.9. The first kappa shape index (κ1) is 19.0. The maximum absolute atomic E-state index is 12.1. The van der Waals surface area contributed by atoms with Gasteiger partial charge in [0.2, 0.25) is 0 Å². The quantitative estimate of drug-likeness (QED) is 0.656. The van der Waals surface area contributed by atoms with Gasteiger partial charge in [-0.2, -0.15) is 0 Å². The highest BCUT2D eigenvalue weighted by Crippen LogP contribution is 2.32. The summed E-state index contributed by atoms with van der Waals surface area (Å²) in [5, 5.41) is 19.3. The number of benzene rings is 1. The van der Waals surface area contributed by atoms with Crippen LogP contribution in [-0.4, -0.2) is 27.8 Å². The fourth-order valence-electron chi connectivity index (χ4n) is 2.19. The molecule has 0 aliphatic heterocycles. The Morgan fingerprint density at radius 1 is 1.13 bits per heavy atom. The third-order valence-corrected chi connectivity index (χ3v) is 3.30. The number of esters is 1. The van der Waals surface area contributed by atoms with Crippen molar-refractivity contribution in [2.45, 2.75) is 59.0 Å². The molecule has 23 heavy (non-hydrogen) atoms. The highest BCUT2D eigenvalue weighted by atomic mass is 16.6. The van der Waals surface area contributed by atoms with Crippen molar-refractivity contribution in [3.05, 3.63) is 29.3 Å². The van der Waals surface area contributed by atoms with Crippen LogP contribution in [0, 0.1) is 5.92 Å². The van der Waals surface area contributed by atoms with E-state index in [1.807, 2.05) is 20.8 Å². The van der Waals surface area contributed by atoms with Crippen molar-refractivity contribution in [1.29, 1.82) is 0 Å². The van der Waals surface area contributed by atoms with Gasteiger partial charge >= 0.3 is 11.9 Å². The Morgan fingerprint density at radius 2 is 1.70 bits per heavy atom. The van der Waals surface area contributed by atoms with E-state index in [9.17, 15) is 19.8 Å². The zero-order valence-electron chi connectivity index (χ0n) is 14.6. The van der Waals surface area contributed by atoms with E-state index in [1.54, 1.807) is 32.9 Å². The minimum Gasteiger partial charge on any atom is -0.508 e. The average molecular weight is 322 g/mol. The van der Waals surface area contributed by atoms with E-state index in [4.69, 9.17) is 4.74 Å². The number of ether oxygens (including phenoxy) is 1. The number of carboxylic acids is 1. The third kappa shape index (κ3) is 5.58. The molecule has 0 saturated carbocycles. The lowest BCUT2D eigenvalue weighted by Gasteiger charge is -2.23. The fourth-order valence-corrected chi connectivity index (χ4v) is 2.19. The number of phenolic OH excluding ortho intramolecular Hbond substituents is 1. The van der Waals surface area contributed by atoms with E-state index < -0.39 is 23.5 Å². The molecule has 0 spiro atoms. The van der Waals surface area contributed by atoms with E-state index >= 15 is 0 Å². The van der Waals surface area contributed by atoms with Gasteiger partial charge in [-0.1, -0.05) is 32.9 Å². The molecule has 1 unspecified atom stereocenters. The number of carbonyl (C=O) groups is 2. The summed E-state index contributed by atoms with van der Waals surface area (Å²) in [5.74, 6) is -3.09. The van der Waals surface area contributed by atoms with E-state index in [1.165, 1.54) is 6.07 Å². The lowest BCUT2D eigenvalue weighted by atomic mass is 9.84. The number of carboxylic acid groups (broad SMARTS) is 1. The Bertz CT molecular complexity index is 590. The van der Waals surface area contributed by atoms with E-state index in [2.05, 4.69) is 0 Å². The van der Waals surface area contributed by atoms with Gasteiger partial charge in [-0.3, -0.25) is 9.59 Å². The molecule has 2 N–H and O–H groups in total. The van der Waals surface area contributed by atoms with Gasteiger partial charge in [0.05, 0.1) is 0 Å². The maximum atomic E-state index is 12.1. The van der Waals surface area contributed by atoms with Crippen LogP contribution in [0.15, 0.2) is 18.2 Å². The van der Waals surface area contributed by atoms with Crippen molar-refractivity contribution in [3.8, 4) is 5.75 Å². The zero-order valence-corrected chi connectivity index (χ0v) is 14.6. The van der Waals surface area contributed by atoms with Crippen LogP contribution in [0.2, 0.25) is 0 Å². The summed E-state index contributed by atoms with van der Waals surface area (Å²) in [6.07, 6.45) is 0.0214. The number of aliphatic carboxylic acids is 1. The Kier molecular flexibility index (Phi) is 5.46. The first-order chi connectivity index (χ1) is 10.3. The van der Waals surface area contributed by atoms with Crippen molar-refractivity contribution >= 4 is 11.9 Å². The van der Waals surface area contributed by atoms with Crippen LogP contribution in [-0.2, 0) is 26.2 Å². The summed E-state index contributed by atoms with van der Waals surface area (Å²) in [7, 11) is 0. The van der Waals surface area contributed by atoms with Gasteiger partial charge in [-0.05, 0) is 49.8 Å². The van der Waals surface area contributed by atoms with E-state index in [-0.39, 0.29) is 17.6 Å². The minimum absolute atomic E-state index is 0.0214. The number of carbonyl (C=O) groups excluding carboxylic acids is 1. The van der Waals surface area contributed by atoms with Gasteiger partial charge in [-0.25, -0.2) is 0 Å². The second-order valence-electron chi connectivity index (χ2n) is 7.73. The molecular formula is C18H26O5. The zero-order chi connectivity index (χ0) is 18.0. The van der Waals surface area contributed by atoms with Crippen LogP contribution in [0.1, 0.15) is 52.7 Å². The summed E-state index contributed by atoms with van der Waals surface area (Å²) in [4.78, 5) is 23.5. The molecule has 0 aliphatic rings. The normalized spacial score (nSPS) is 13.5. The number of rotatable bonds is 4. The molecule has 1 aromatic carbocycles.